The average Bonchev–Trinajstić information content (AvgIpc) is 2.56. The maximum absolute atomic E-state index is 11.9. The first-order valence-corrected chi connectivity index (χ1v) is 6.65. The smallest absolute Gasteiger partial charge is 0.242 e. The van der Waals surface area contributed by atoms with Gasteiger partial charge in [-0.2, -0.15) is 5.10 Å². The SMILES string of the molecule is Cc1nn(C(C)C)c(NC(C)C(=O)NC(C)C)c1N. The molecule has 19 heavy (non-hydrogen) atoms. The van der Waals surface area contributed by atoms with Gasteiger partial charge >= 0.3 is 0 Å². The Morgan fingerprint density at radius 2 is 1.84 bits per heavy atom. The minimum Gasteiger partial charge on any atom is -0.394 e. The average molecular weight is 267 g/mol. The van der Waals surface area contributed by atoms with Gasteiger partial charge in [-0.05, 0) is 41.5 Å². The van der Waals surface area contributed by atoms with Crippen LogP contribution in [0.15, 0.2) is 0 Å². The normalized spacial score (nSPS) is 12.8. The van der Waals surface area contributed by atoms with E-state index in [-0.39, 0.29) is 24.0 Å². The Hall–Kier alpha value is -1.72. The molecule has 0 radical (unpaired) electrons. The van der Waals surface area contributed by atoms with Crippen molar-refractivity contribution in [1.82, 2.24) is 15.1 Å². The summed E-state index contributed by atoms with van der Waals surface area (Å²) in [7, 11) is 0. The van der Waals surface area contributed by atoms with E-state index >= 15 is 0 Å². The van der Waals surface area contributed by atoms with E-state index in [0.29, 0.717) is 11.5 Å². The summed E-state index contributed by atoms with van der Waals surface area (Å²) in [5.74, 6) is 0.655. The first-order valence-electron chi connectivity index (χ1n) is 6.65. The maximum atomic E-state index is 11.9. The summed E-state index contributed by atoms with van der Waals surface area (Å²) in [6.45, 7) is 11.6. The number of rotatable bonds is 5. The number of anilines is 2. The van der Waals surface area contributed by atoms with Gasteiger partial charge in [0.2, 0.25) is 5.91 Å². The van der Waals surface area contributed by atoms with E-state index in [9.17, 15) is 4.79 Å². The summed E-state index contributed by atoms with van der Waals surface area (Å²) in [5.41, 5.74) is 7.38. The minimum atomic E-state index is -0.363. The predicted molar refractivity (Wildman–Crippen MR) is 78.1 cm³/mol. The van der Waals surface area contributed by atoms with Crippen LogP contribution in [0.5, 0.6) is 0 Å². The van der Waals surface area contributed by atoms with Crippen molar-refractivity contribution < 1.29 is 4.79 Å². The quantitative estimate of drug-likeness (QED) is 0.757. The highest BCUT2D eigenvalue weighted by atomic mass is 16.2. The molecule has 1 heterocycles. The van der Waals surface area contributed by atoms with Gasteiger partial charge in [0.05, 0.1) is 11.4 Å². The molecule has 0 aliphatic rings. The zero-order valence-corrected chi connectivity index (χ0v) is 12.6. The molecule has 1 amide bonds. The van der Waals surface area contributed by atoms with Crippen molar-refractivity contribution in [1.29, 1.82) is 0 Å². The molecular weight excluding hydrogens is 242 g/mol. The fraction of sp³-hybridized carbons (Fsp3) is 0.692. The van der Waals surface area contributed by atoms with Gasteiger partial charge in [-0.1, -0.05) is 0 Å². The third-order valence-electron chi connectivity index (χ3n) is 2.80. The van der Waals surface area contributed by atoms with Crippen LogP contribution in [0.2, 0.25) is 0 Å². The van der Waals surface area contributed by atoms with E-state index in [1.54, 1.807) is 0 Å². The number of hydrogen-bond donors (Lipinski definition) is 3. The first kappa shape index (κ1) is 15.3. The van der Waals surface area contributed by atoms with Crippen LogP contribution >= 0.6 is 0 Å². The molecular formula is C13H25N5O. The number of carbonyl (C=O) groups is 1. The summed E-state index contributed by atoms with van der Waals surface area (Å²) in [6, 6.07) is -0.0667. The molecule has 0 fully saturated rings. The molecule has 1 rings (SSSR count). The second-order valence-corrected chi connectivity index (χ2v) is 5.42. The van der Waals surface area contributed by atoms with Gasteiger partial charge < -0.3 is 16.4 Å². The highest BCUT2D eigenvalue weighted by Gasteiger charge is 2.20. The molecule has 1 unspecified atom stereocenters. The summed E-state index contributed by atoms with van der Waals surface area (Å²) < 4.78 is 1.81. The Morgan fingerprint density at radius 1 is 1.26 bits per heavy atom. The lowest BCUT2D eigenvalue weighted by Gasteiger charge is -2.19. The van der Waals surface area contributed by atoms with Gasteiger partial charge in [0.15, 0.2) is 0 Å². The predicted octanol–water partition coefficient (Wildman–Crippen LogP) is 1.68. The standard InChI is InChI=1S/C13H25N5O/c1-7(2)15-13(19)10(6)16-12-11(14)9(5)17-18(12)8(3)4/h7-8,10,16H,14H2,1-6H3,(H,15,19). The van der Waals surface area contributed by atoms with E-state index in [2.05, 4.69) is 15.7 Å². The lowest BCUT2D eigenvalue weighted by atomic mass is 10.2. The number of aromatic nitrogens is 2. The number of amides is 1. The first-order chi connectivity index (χ1) is 8.73. The largest absolute Gasteiger partial charge is 0.394 e. The number of carbonyl (C=O) groups excluding carboxylic acids is 1. The van der Waals surface area contributed by atoms with Gasteiger partial charge in [0.25, 0.3) is 0 Å². The Bertz CT molecular complexity index is 450. The zero-order valence-electron chi connectivity index (χ0n) is 12.6. The summed E-state index contributed by atoms with van der Waals surface area (Å²) in [5, 5.41) is 10.4. The van der Waals surface area contributed by atoms with Crippen LogP contribution in [0.25, 0.3) is 0 Å². The molecule has 0 saturated heterocycles. The van der Waals surface area contributed by atoms with Crippen molar-refractivity contribution in [2.24, 2.45) is 0 Å². The lowest BCUT2D eigenvalue weighted by molar-refractivity contribution is -0.122. The molecule has 6 nitrogen and oxygen atoms in total. The van der Waals surface area contributed by atoms with Gasteiger partial charge in [0, 0.05) is 12.1 Å². The fourth-order valence-electron chi connectivity index (χ4n) is 1.76. The molecule has 4 N–H and O–H groups in total. The van der Waals surface area contributed by atoms with Crippen molar-refractivity contribution in [3.05, 3.63) is 5.69 Å². The molecule has 0 bridgehead atoms. The van der Waals surface area contributed by atoms with Crippen LogP contribution in [0.3, 0.4) is 0 Å². The van der Waals surface area contributed by atoms with E-state index in [0.717, 1.165) is 5.69 Å². The highest BCUT2D eigenvalue weighted by molar-refractivity contribution is 5.85. The van der Waals surface area contributed by atoms with Crippen LogP contribution in [0.4, 0.5) is 11.5 Å². The van der Waals surface area contributed by atoms with Crippen molar-refractivity contribution in [3.8, 4) is 0 Å². The van der Waals surface area contributed by atoms with Crippen LogP contribution in [-0.4, -0.2) is 27.8 Å². The number of nitrogens with zero attached hydrogens (tertiary/aromatic N) is 2. The number of nitrogens with one attached hydrogen (secondary N) is 2. The number of hydrogen-bond acceptors (Lipinski definition) is 4. The minimum absolute atomic E-state index is 0.0523. The molecule has 0 spiro atoms. The van der Waals surface area contributed by atoms with Gasteiger partial charge in [-0.3, -0.25) is 4.79 Å². The number of aryl methyl sites for hydroxylation is 1. The van der Waals surface area contributed by atoms with E-state index in [1.807, 2.05) is 46.2 Å². The molecule has 1 aromatic heterocycles. The summed E-state index contributed by atoms with van der Waals surface area (Å²) >= 11 is 0. The molecule has 6 heteroatoms. The van der Waals surface area contributed by atoms with E-state index < -0.39 is 0 Å². The Labute approximate surface area is 114 Å². The third-order valence-corrected chi connectivity index (χ3v) is 2.80. The molecule has 0 aliphatic carbocycles. The van der Waals surface area contributed by atoms with Gasteiger partial charge in [-0.25, -0.2) is 4.68 Å². The summed E-state index contributed by atoms with van der Waals surface area (Å²) in [4.78, 5) is 11.9. The molecule has 108 valence electrons. The van der Waals surface area contributed by atoms with Gasteiger partial charge in [0.1, 0.15) is 11.9 Å². The lowest BCUT2D eigenvalue weighted by Crippen LogP contribution is -2.41. The van der Waals surface area contributed by atoms with Crippen molar-refractivity contribution in [2.75, 3.05) is 11.1 Å². The Morgan fingerprint density at radius 3 is 2.32 bits per heavy atom. The third kappa shape index (κ3) is 3.62. The van der Waals surface area contributed by atoms with Crippen molar-refractivity contribution in [3.63, 3.8) is 0 Å². The number of nitrogen functional groups attached to an aromatic ring is 1. The molecule has 0 saturated carbocycles. The van der Waals surface area contributed by atoms with E-state index in [1.165, 1.54) is 0 Å². The fourth-order valence-corrected chi connectivity index (χ4v) is 1.76. The highest BCUT2D eigenvalue weighted by Crippen LogP contribution is 2.26. The van der Waals surface area contributed by atoms with Crippen molar-refractivity contribution >= 4 is 17.4 Å². The maximum Gasteiger partial charge on any atom is 0.242 e. The van der Waals surface area contributed by atoms with Crippen LogP contribution in [0.1, 0.15) is 46.4 Å². The summed E-state index contributed by atoms with van der Waals surface area (Å²) in [6.07, 6.45) is 0. The Kier molecular flexibility index (Phi) is 4.80. The topological polar surface area (TPSA) is 85.0 Å². The van der Waals surface area contributed by atoms with Crippen molar-refractivity contribution in [2.45, 2.75) is 59.7 Å². The second-order valence-electron chi connectivity index (χ2n) is 5.42. The van der Waals surface area contributed by atoms with Crippen LogP contribution in [0, 0.1) is 6.92 Å². The van der Waals surface area contributed by atoms with Crippen LogP contribution in [-0.2, 0) is 4.79 Å². The Balaban J connectivity index is 2.90. The zero-order chi connectivity index (χ0) is 14.7. The molecule has 0 aromatic carbocycles. The molecule has 0 aliphatic heterocycles. The van der Waals surface area contributed by atoms with Gasteiger partial charge in [-0.15, -0.1) is 0 Å². The molecule has 1 atom stereocenters. The second kappa shape index (κ2) is 5.95. The molecule has 1 aromatic rings. The monoisotopic (exact) mass is 267 g/mol. The number of nitrogens with two attached hydrogens (primary N) is 1. The van der Waals surface area contributed by atoms with Crippen LogP contribution < -0.4 is 16.4 Å². The van der Waals surface area contributed by atoms with E-state index in [4.69, 9.17) is 5.73 Å².